The van der Waals surface area contributed by atoms with Gasteiger partial charge in [0.05, 0.1) is 7.11 Å². The van der Waals surface area contributed by atoms with Crippen LogP contribution in [0.15, 0.2) is 23.1 Å². The third kappa shape index (κ3) is 3.09. The van der Waals surface area contributed by atoms with E-state index in [9.17, 15) is 8.42 Å². The van der Waals surface area contributed by atoms with E-state index in [1.54, 1.807) is 19.2 Å². The maximum Gasteiger partial charge on any atom is 0.246 e. The lowest BCUT2D eigenvalue weighted by Gasteiger charge is -2.31. The van der Waals surface area contributed by atoms with Crippen molar-refractivity contribution in [2.45, 2.75) is 23.8 Å². The Morgan fingerprint density at radius 3 is 2.80 bits per heavy atom. The fourth-order valence-corrected chi connectivity index (χ4v) is 4.15. The zero-order valence-electron chi connectivity index (χ0n) is 11.6. The van der Waals surface area contributed by atoms with Crippen LogP contribution in [-0.2, 0) is 10.0 Å². The second-order valence-electron chi connectivity index (χ2n) is 4.82. The van der Waals surface area contributed by atoms with Gasteiger partial charge in [-0.25, -0.2) is 8.42 Å². The smallest absolute Gasteiger partial charge is 0.246 e. The Bertz CT molecular complexity index is 571. The third-order valence-corrected chi connectivity index (χ3v) is 5.73. The average Bonchev–Trinajstić information content (AvgIpc) is 2.47. The minimum absolute atomic E-state index is 0.0440. The summed E-state index contributed by atoms with van der Waals surface area (Å²) in [6.45, 7) is 1.60. The molecular weight excluding hydrogens is 300 g/mol. The van der Waals surface area contributed by atoms with Crippen LogP contribution in [0.4, 0.5) is 0 Å². The molecule has 1 unspecified atom stereocenters. The quantitative estimate of drug-likeness (QED) is 0.918. The Hall–Kier alpha value is -0.820. The number of sulfonamides is 1. The van der Waals surface area contributed by atoms with E-state index in [0.29, 0.717) is 17.3 Å². The standard InChI is InChI=1S/C13H19ClN2O3S/c1-16(11-4-3-7-15-9-11)20(17,18)13-8-10(14)5-6-12(13)19-2/h5-6,8,11,15H,3-4,7,9H2,1-2H3. The minimum Gasteiger partial charge on any atom is -0.495 e. The van der Waals surface area contributed by atoms with Crippen molar-refractivity contribution in [1.82, 2.24) is 9.62 Å². The van der Waals surface area contributed by atoms with Crippen molar-refractivity contribution in [3.05, 3.63) is 23.2 Å². The van der Waals surface area contributed by atoms with E-state index >= 15 is 0 Å². The molecular formula is C13H19ClN2O3S. The molecule has 0 saturated carbocycles. The summed E-state index contributed by atoms with van der Waals surface area (Å²) < 4.78 is 32.0. The fourth-order valence-electron chi connectivity index (χ4n) is 2.35. The SMILES string of the molecule is COc1ccc(Cl)cc1S(=O)(=O)N(C)C1CCCNC1. The molecule has 0 amide bonds. The number of hydrogen-bond acceptors (Lipinski definition) is 4. The first-order valence-electron chi connectivity index (χ1n) is 6.49. The van der Waals surface area contributed by atoms with Crippen LogP contribution in [0, 0.1) is 0 Å². The van der Waals surface area contributed by atoms with Gasteiger partial charge in [-0.3, -0.25) is 0 Å². The van der Waals surface area contributed by atoms with Gasteiger partial charge in [-0.2, -0.15) is 4.31 Å². The molecule has 0 aliphatic carbocycles. The average molecular weight is 319 g/mol. The molecule has 1 heterocycles. The summed E-state index contributed by atoms with van der Waals surface area (Å²) >= 11 is 5.92. The molecule has 1 atom stereocenters. The normalized spacial score (nSPS) is 20.1. The molecule has 1 aromatic carbocycles. The van der Waals surface area contributed by atoms with E-state index < -0.39 is 10.0 Å². The topological polar surface area (TPSA) is 58.6 Å². The summed E-state index contributed by atoms with van der Waals surface area (Å²) in [6.07, 6.45) is 1.82. The molecule has 1 fully saturated rings. The number of nitrogens with one attached hydrogen (secondary N) is 1. The van der Waals surface area contributed by atoms with Gasteiger partial charge >= 0.3 is 0 Å². The van der Waals surface area contributed by atoms with E-state index in [1.807, 2.05) is 0 Å². The number of methoxy groups -OCH3 is 1. The van der Waals surface area contributed by atoms with Crippen LogP contribution in [0.5, 0.6) is 5.75 Å². The maximum atomic E-state index is 12.7. The van der Waals surface area contributed by atoms with Gasteiger partial charge < -0.3 is 10.1 Å². The number of piperidine rings is 1. The van der Waals surface area contributed by atoms with Crippen LogP contribution in [0.1, 0.15) is 12.8 Å². The molecule has 1 aliphatic heterocycles. The van der Waals surface area contributed by atoms with Gasteiger partial charge in [-0.1, -0.05) is 11.6 Å². The van der Waals surface area contributed by atoms with Gasteiger partial charge in [0, 0.05) is 24.7 Å². The molecule has 1 aliphatic rings. The zero-order chi connectivity index (χ0) is 14.8. The van der Waals surface area contributed by atoms with Gasteiger partial charge in [0.1, 0.15) is 10.6 Å². The number of ether oxygens (including phenoxy) is 1. The summed E-state index contributed by atoms with van der Waals surface area (Å²) in [5.41, 5.74) is 0. The highest BCUT2D eigenvalue weighted by Crippen LogP contribution is 2.30. The number of likely N-dealkylation sites (N-methyl/N-ethyl adjacent to an activating group) is 1. The summed E-state index contributed by atoms with van der Waals surface area (Å²) in [7, 11) is -0.567. The molecule has 112 valence electrons. The van der Waals surface area contributed by atoms with Crippen molar-refractivity contribution in [3.8, 4) is 5.75 Å². The van der Waals surface area contributed by atoms with Crippen molar-refractivity contribution >= 4 is 21.6 Å². The van der Waals surface area contributed by atoms with Crippen molar-refractivity contribution < 1.29 is 13.2 Å². The van der Waals surface area contributed by atoms with Crippen LogP contribution in [-0.4, -0.2) is 46.0 Å². The Labute approximate surface area is 124 Å². The lowest BCUT2D eigenvalue weighted by Crippen LogP contribution is -2.46. The number of hydrogen-bond donors (Lipinski definition) is 1. The molecule has 0 radical (unpaired) electrons. The summed E-state index contributed by atoms with van der Waals surface area (Å²) in [5.74, 6) is 0.310. The van der Waals surface area contributed by atoms with E-state index in [2.05, 4.69) is 5.32 Å². The number of benzene rings is 1. The van der Waals surface area contributed by atoms with Crippen molar-refractivity contribution in [2.75, 3.05) is 27.2 Å². The summed E-state index contributed by atoms with van der Waals surface area (Å²) in [6, 6.07) is 4.57. The predicted octanol–water partition coefficient (Wildman–Crippen LogP) is 1.72. The van der Waals surface area contributed by atoms with Crippen LogP contribution >= 0.6 is 11.6 Å². The second kappa shape index (κ2) is 6.30. The number of nitrogens with zero attached hydrogens (tertiary/aromatic N) is 1. The minimum atomic E-state index is -3.62. The molecule has 1 saturated heterocycles. The van der Waals surface area contributed by atoms with Crippen LogP contribution in [0.2, 0.25) is 5.02 Å². The van der Waals surface area contributed by atoms with E-state index in [-0.39, 0.29) is 10.9 Å². The van der Waals surface area contributed by atoms with Gasteiger partial charge in [0.2, 0.25) is 10.0 Å². The molecule has 20 heavy (non-hydrogen) atoms. The maximum absolute atomic E-state index is 12.7. The van der Waals surface area contributed by atoms with Crippen LogP contribution in [0.25, 0.3) is 0 Å². The van der Waals surface area contributed by atoms with Crippen molar-refractivity contribution in [2.24, 2.45) is 0 Å². The van der Waals surface area contributed by atoms with Gasteiger partial charge in [-0.05, 0) is 37.6 Å². The largest absolute Gasteiger partial charge is 0.495 e. The predicted molar refractivity (Wildman–Crippen MR) is 78.8 cm³/mol. The van der Waals surface area contributed by atoms with E-state index in [0.717, 1.165) is 19.4 Å². The highest BCUT2D eigenvalue weighted by atomic mass is 35.5. The third-order valence-electron chi connectivity index (χ3n) is 3.57. The lowest BCUT2D eigenvalue weighted by molar-refractivity contribution is 0.298. The number of rotatable bonds is 4. The molecule has 5 nitrogen and oxygen atoms in total. The molecule has 7 heteroatoms. The first kappa shape index (κ1) is 15.6. The van der Waals surface area contributed by atoms with Gasteiger partial charge in [0.25, 0.3) is 0 Å². The van der Waals surface area contributed by atoms with Crippen LogP contribution < -0.4 is 10.1 Å². The van der Waals surface area contributed by atoms with Gasteiger partial charge in [-0.15, -0.1) is 0 Å². The Kier molecular flexibility index (Phi) is 4.90. The van der Waals surface area contributed by atoms with Crippen molar-refractivity contribution in [3.63, 3.8) is 0 Å². The van der Waals surface area contributed by atoms with Crippen molar-refractivity contribution in [1.29, 1.82) is 0 Å². The van der Waals surface area contributed by atoms with Crippen LogP contribution in [0.3, 0.4) is 0 Å². The Morgan fingerprint density at radius 1 is 1.45 bits per heavy atom. The molecule has 0 spiro atoms. The molecule has 1 N–H and O–H groups in total. The lowest BCUT2D eigenvalue weighted by atomic mass is 10.1. The molecule has 0 bridgehead atoms. The first-order chi connectivity index (χ1) is 9.46. The molecule has 1 aromatic rings. The summed E-state index contributed by atoms with van der Waals surface area (Å²) in [5, 5.41) is 3.59. The summed E-state index contributed by atoms with van der Waals surface area (Å²) in [4.78, 5) is 0.112. The monoisotopic (exact) mass is 318 g/mol. The first-order valence-corrected chi connectivity index (χ1v) is 8.31. The molecule has 0 aromatic heterocycles. The number of halogens is 1. The van der Waals surface area contributed by atoms with Gasteiger partial charge in [0.15, 0.2) is 0 Å². The zero-order valence-corrected chi connectivity index (χ0v) is 13.2. The fraction of sp³-hybridized carbons (Fsp3) is 0.538. The Balaban J connectivity index is 2.36. The van der Waals surface area contributed by atoms with E-state index in [4.69, 9.17) is 16.3 Å². The van der Waals surface area contributed by atoms with E-state index in [1.165, 1.54) is 17.5 Å². The highest BCUT2D eigenvalue weighted by Gasteiger charge is 2.31. The second-order valence-corrected chi connectivity index (χ2v) is 7.22. The highest BCUT2D eigenvalue weighted by molar-refractivity contribution is 7.89. The molecule has 2 rings (SSSR count). The Morgan fingerprint density at radius 2 is 2.20 bits per heavy atom.